The van der Waals surface area contributed by atoms with Crippen LogP contribution in [-0.4, -0.2) is 8.07 Å². The van der Waals surface area contributed by atoms with Crippen LogP contribution in [0.1, 0.15) is 37.3 Å². The molecule has 0 nitrogen and oxygen atoms in total. The van der Waals surface area contributed by atoms with Crippen molar-refractivity contribution in [2.75, 3.05) is 0 Å². The van der Waals surface area contributed by atoms with Gasteiger partial charge in [0.05, 0.1) is 0 Å². The Bertz CT molecular complexity index is 1230. The Morgan fingerprint density at radius 1 is 0.618 bits per heavy atom. The summed E-state index contributed by atoms with van der Waals surface area (Å²) in [5.41, 5.74) is 4.15. The first-order valence-electron chi connectivity index (χ1n) is 12.5. The Kier molecular flexibility index (Phi) is 6.74. The van der Waals surface area contributed by atoms with Crippen LogP contribution in [0, 0.1) is 0 Å². The van der Waals surface area contributed by atoms with Gasteiger partial charge in [-0.05, 0) is 51.5 Å². The predicted molar refractivity (Wildman–Crippen MR) is 150 cm³/mol. The second kappa shape index (κ2) is 10.2. The number of aryl methyl sites for hydroxylation is 1. The minimum atomic E-state index is -2.47. The Labute approximate surface area is 205 Å². The molecular formula is C33H32Si. The molecule has 5 rings (SSSR count). The van der Waals surface area contributed by atoms with Gasteiger partial charge in [-0.3, -0.25) is 0 Å². The standard InChI is InChI=1S/C33H32Si/c1-2-3-14-27-23-25-31(26-24-27)34(29-17-9-5-10-18-29,30-19-11-6-12-20-30)33-22-13-21-32(33)28-15-7-4-8-16-28/h4-13,15-21,23-26H,2-3,14,22H2,1H3. The highest BCUT2D eigenvalue weighted by Crippen LogP contribution is 2.34. The molecule has 0 fully saturated rings. The fourth-order valence-electron chi connectivity index (χ4n) is 5.45. The van der Waals surface area contributed by atoms with Crippen molar-refractivity contribution >= 4 is 29.2 Å². The SMILES string of the molecule is CCCCc1ccc([Si](C2=C(c3ccccc3)C=CC2)(c2ccccc2)c2ccccc2)cc1. The molecule has 168 valence electrons. The Morgan fingerprint density at radius 3 is 1.71 bits per heavy atom. The zero-order chi connectivity index (χ0) is 23.2. The van der Waals surface area contributed by atoms with Crippen LogP contribution in [0.3, 0.4) is 0 Å². The zero-order valence-corrected chi connectivity index (χ0v) is 21.0. The van der Waals surface area contributed by atoms with E-state index < -0.39 is 8.07 Å². The maximum Gasteiger partial charge on any atom is 0.176 e. The Hall–Kier alpha value is -3.42. The number of allylic oxidation sites excluding steroid dienone is 4. The molecule has 1 aliphatic rings. The van der Waals surface area contributed by atoms with Crippen LogP contribution < -0.4 is 15.6 Å². The average molecular weight is 457 g/mol. The van der Waals surface area contributed by atoms with E-state index in [9.17, 15) is 0 Å². The minimum Gasteiger partial charge on any atom is -0.0802 e. The molecule has 0 atom stereocenters. The molecule has 0 saturated carbocycles. The van der Waals surface area contributed by atoms with Crippen molar-refractivity contribution in [3.05, 3.63) is 144 Å². The quantitative estimate of drug-likeness (QED) is 0.211. The van der Waals surface area contributed by atoms with Crippen LogP contribution in [-0.2, 0) is 6.42 Å². The van der Waals surface area contributed by atoms with Crippen LogP contribution in [0.25, 0.3) is 5.57 Å². The highest BCUT2D eigenvalue weighted by molar-refractivity contribution is 7.16. The first-order valence-corrected chi connectivity index (χ1v) is 14.5. The molecule has 1 heteroatoms. The van der Waals surface area contributed by atoms with Gasteiger partial charge < -0.3 is 0 Å². The predicted octanol–water partition coefficient (Wildman–Crippen LogP) is 6.45. The van der Waals surface area contributed by atoms with Crippen molar-refractivity contribution in [1.82, 2.24) is 0 Å². The first-order chi connectivity index (χ1) is 16.8. The fraction of sp³-hybridized carbons (Fsp3) is 0.152. The monoisotopic (exact) mass is 456 g/mol. The van der Waals surface area contributed by atoms with E-state index in [0.717, 1.165) is 12.8 Å². The van der Waals surface area contributed by atoms with Gasteiger partial charge in [-0.1, -0.05) is 146 Å². The summed E-state index contributed by atoms with van der Waals surface area (Å²) in [7, 11) is -2.47. The molecule has 0 aliphatic heterocycles. The molecule has 34 heavy (non-hydrogen) atoms. The van der Waals surface area contributed by atoms with Crippen molar-refractivity contribution in [3.63, 3.8) is 0 Å². The summed E-state index contributed by atoms with van der Waals surface area (Å²) in [5.74, 6) is 0. The van der Waals surface area contributed by atoms with Gasteiger partial charge >= 0.3 is 0 Å². The molecule has 0 radical (unpaired) electrons. The smallest absolute Gasteiger partial charge is 0.0802 e. The van der Waals surface area contributed by atoms with Crippen LogP contribution in [0.15, 0.2) is 133 Å². The van der Waals surface area contributed by atoms with Gasteiger partial charge in [0.2, 0.25) is 0 Å². The van der Waals surface area contributed by atoms with E-state index in [1.165, 1.54) is 45.1 Å². The molecule has 0 aromatic heterocycles. The van der Waals surface area contributed by atoms with Gasteiger partial charge in [0.15, 0.2) is 8.07 Å². The van der Waals surface area contributed by atoms with Crippen molar-refractivity contribution in [1.29, 1.82) is 0 Å². The van der Waals surface area contributed by atoms with Gasteiger partial charge in [-0.15, -0.1) is 0 Å². The number of hydrogen-bond acceptors (Lipinski definition) is 0. The fourth-order valence-corrected chi connectivity index (χ4v) is 10.6. The van der Waals surface area contributed by atoms with Crippen molar-refractivity contribution in [2.24, 2.45) is 0 Å². The molecule has 0 bridgehead atoms. The third-order valence-corrected chi connectivity index (χ3v) is 12.1. The summed E-state index contributed by atoms with van der Waals surface area (Å²) in [4.78, 5) is 0. The number of hydrogen-bond donors (Lipinski definition) is 0. The molecule has 0 spiro atoms. The first kappa shape index (κ1) is 22.4. The number of benzene rings is 4. The molecule has 0 unspecified atom stereocenters. The van der Waals surface area contributed by atoms with E-state index in [4.69, 9.17) is 0 Å². The molecule has 0 N–H and O–H groups in total. The van der Waals surface area contributed by atoms with Crippen LogP contribution >= 0.6 is 0 Å². The average Bonchev–Trinajstić information content (AvgIpc) is 3.41. The maximum absolute atomic E-state index is 2.47. The molecule has 0 saturated heterocycles. The van der Waals surface area contributed by atoms with Crippen LogP contribution in [0.2, 0.25) is 0 Å². The van der Waals surface area contributed by atoms with Gasteiger partial charge in [-0.25, -0.2) is 0 Å². The highest BCUT2D eigenvalue weighted by Gasteiger charge is 2.44. The van der Waals surface area contributed by atoms with E-state index in [-0.39, 0.29) is 0 Å². The number of rotatable bonds is 8. The second-order valence-electron chi connectivity index (χ2n) is 9.15. The molecular weight excluding hydrogens is 424 g/mol. The van der Waals surface area contributed by atoms with E-state index in [1.54, 1.807) is 5.20 Å². The van der Waals surface area contributed by atoms with Gasteiger partial charge in [0.1, 0.15) is 0 Å². The lowest BCUT2D eigenvalue weighted by Gasteiger charge is -2.36. The lowest BCUT2D eigenvalue weighted by molar-refractivity contribution is 0.795. The molecule has 0 heterocycles. The minimum absolute atomic E-state index is 0.998. The van der Waals surface area contributed by atoms with Crippen molar-refractivity contribution < 1.29 is 0 Å². The summed E-state index contributed by atoms with van der Waals surface area (Å²) >= 11 is 0. The number of unbranched alkanes of at least 4 members (excludes halogenated alkanes) is 1. The van der Waals surface area contributed by atoms with E-state index >= 15 is 0 Å². The topological polar surface area (TPSA) is 0 Å². The van der Waals surface area contributed by atoms with Crippen LogP contribution in [0.4, 0.5) is 0 Å². The maximum atomic E-state index is 2.44. The van der Waals surface area contributed by atoms with Gasteiger partial charge in [-0.2, -0.15) is 0 Å². The molecule has 1 aliphatic carbocycles. The molecule has 4 aromatic rings. The summed E-state index contributed by atoms with van der Waals surface area (Å²) in [5, 5.41) is 5.96. The molecule has 0 amide bonds. The third-order valence-electron chi connectivity index (χ3n) is 7.09. The largest absolute Gasteiger partial charge is 0.176 e. The van der Waals surface area contributed by atoms with E-state index in [0.29, 0.717) is 0 Å². The highest BCUT2D eigenvalue weighted by atomic mass is 28.3. The summed E-state index contributed by atoms with van der Waals surface area (Å²) in [6, 6.07) is 43.1. The van der Waals surface area contributed by atoms with Gasteiger partial charge in [0, 0.05) is 0 Å². The van der Waals surface area contributed by atoms with Gasteiger partial charge in [0.25, 0.3) is 0 Å². The van der Waals surface area contributed by atoms with Crippen LogP contribution in [0.5, 0.6) is 0 Å². The van der Waals surface area contributed by atoms with E-state index in [1.807, 2.05) is 0 Å². The lowest BCUT2D eigenvalue weighted by atomic mass is 10.1. The summed E-state index contributed by atoms with van der Waals surface area (Å²) in [6.45, 7) is 2.27. The van der Waals surface area contributed by atoms with Crippen molar-refractivity contribution in [2.45, 2.75) is 32.6 Å². The molecule has 4 aromatic carbocycles. The Morgan fingerprint density at radius 2 is 1.15 bits per heavy atom. The summed E-state index contributed by atoms with van der Waals surface area (Å²) in [6.07, 6.45) is 9.34. The van der Waals surface area contributed by atoms with E-state index in [2.05, 4.69) is 134 Å². The third kappa shape index (κ3) is 4.13. The lowest BCUT2D eigenvalue weighted by Crippen LogP contribution is -2.68. The Balaban J connectivity index is 1.81. The second-order valence-corrected chi connectivity index (χ2v) is 13.0. The summed E-state index contributed by atoms with van der Waals surface area (Å²) < 4.78 is 0. The zero-order valence-electron chi connectivity index (χ0n) is 20.0. The van der Waals surface area contributed by atoms with Crippen molar-refractivity contribution in [3.8, 4) is 0 Å². The normalized spacial score (nSPS) is 13.4.